The van der Waals surface area contributed by atoms with Crippen LogP contribution in [0.2, 0.25) is 0 Å². The molecular formula is C12H21N3O4S. The van der Waals surface area contributed by atoms with E-state index in [1.165, 1.54) is 10.6 Å². The first kappa shape index (κ1) is 15.2. The molecule has 0 spiro atoms. The highest BCUT2D eigenvalue weighted by Gasteiger charge is 2.37. The van der Waals surface area contributed by atoms with Crippen LogP contribution in [0, 0.1) is 5.92 Å². The summed E-state index contributed by atoms with van der Waals surface area (Å²) in [6.07, 6.45) is 3.62. The Labute approximate surface area is 119 Å². The number of likely N-dealkylation sites (tertiary alicyclic amines) is 1. The van der Waals surface area contributed by atoms with Crippen molar-refractivity contribution in [3.63, 3.8) is 0 Å². The Kier molecular flexibility index (Phi) is 4.33. The number of primary amides is 1. The number of nitrogens with zero attached hydrogens (tertiary/aromatic N) is 2. The molecule has 2 N–H and O–H groups in total. The van der Waals surface area contributed by atoms with Crippen molar-refractivity contribution < 1.29 is 18.0 Å². The molecule has 0 aliphatic carbocycles. The Morgan fingerprint density at radius 1 is 1.10 bits per heavy atom. The topological polar surface area (TPSA) is 101 Å². The molecule has 2 aliphatic heterocycles. The zero-order valence-corrected chi connectivity index (χ0v) is 12.4. The summed E-state index contributed by atoms with van der Waals surface area (Å²) in [5, 5.41) is 0. The number of hydrogen-bond acceptors (Lipinski definition) is 4. The SMILES string of the molecule is CS(=O)(=O)N1CCC(C(=O)N2CCCC2C(N)=O)CC1. The van der Waals surface area contributed by atoms with Crippen LogP contribution in [-0.2, 0) is 19.6 Å². The van der Waals surface area contributed by atoms with Gasteiger partial charge in [-0.1, -0.05) is 0 Å². The van der Waals surface area contributed by atoms with Crippen LogP contribution < -0.4 is 5.73 Å². The van der Waals surface area contributed by atoms with Crippen molar-refractivity contribution >= 4 is 21.8 Å². The molecule has 8 heteroatoms. The summed E-state index contributed by atoms with van der Waals surface area (Å²) in [4.78, 5) is 25.3. The van der Waals surface area contributed by atoms with Gasteiger partial charge in [0.1, 0.15) is 6.04 Å². The number of piperidine rings is 1. The number of carbonyl (C=O) groups excluding carboxylic acids is 2. The second kappa shape index (κ2) is 5.69. The molecule has 114 valence electrons. The predicted octanol–water partition coefficient (Wildman–Crippen LogP) is -0.866. The zero-order chi connectivity index (χ0) is 14.9. The van der Waals surface area contributed by atoms with E-state index in [0.29, 0.717) is 38.9 Å². The third-order valence-corrected chi connectivity index (χ3v) is 5.44. The molecule has 2 amide bonds. The Bertz CT molecular complexity index is 497. The largest absolute Gasteiger partial charge is 0.368 e. The molecule has 0 aromatic carbocycles. The Hall–Kier alpha value is -1.15. The normalized spacial score (nSPS) is 25.9. The van der Waals surface area contributed by atoms with Crippen molar-refractivity contribution in [1.82, 2.24) is 9.21 Å². The molecule has 2 rings (SSSR count). The third kappa shape index (κ3) is 3.12. The van der Waals surface area contributed by atoms with Gasteiger partial charge in [0.25, 0.3) is 0 Å². The minimum atomic E-state index is -3.18. The summed E-state index contributed by atoms with van der Waals surface area (Å²) in [5.41, 5.74) is 5.31. The minimum absolute atomic E-state index is 0.0561. The number of amides is 2. The lowest BCUT2D eigenvalue weighted by Crippen LogP contribution is -2.48. The standard InChI is InChI=1S/C12H21N3O4S/c1-20(18,19)14-7-4-9(5-8-14)12(17)15-6-2-3-10(15)11(13)16/h9-10H,2-8H2,1H3,(H2,13,16). The lowest BCUT2D eigenvalue weighted by molar-refractivity contribution is -0.141. The van der Waals surface area contributed by atoms with Crippen LogP contribution in [0.15, 0.2) is 0 Å². The predicted molar refractivity (Wildman–Crippen MR) is 73.1 cm³/mol. The van der Waals surface area contributed by atoms with Crippen LogP contribution in [-0.4, -0.2) is 61.4 Å². The summed E-state index contributed by atoms with van der Waals surface area (Å²) in [6.45, 7) is 1.30. The second-order valence-electron chi connectivity index (χ2n) is 5.53. The number of sulfonamides is 1. The molecule has 2 fully saturated rings. The van der Waals surface area contributed by atoms with Crippen LogP contribution >= 0.6 is 0 Å². The van der Waals surface area contributed by atoms with E-state index in [0.717, 1.165) is 6.42 Å². The van der Waals surface area contributed by atoms with Gasteiger partial charge in [0.2, 0.25) is 21.8 Å². The van der Waals surface area contributed by atoms with E-state index in [1.807, 2.05) is 0 Å². The maximum Gasteiger partial charge on any atom is 0.240 e. The fraction of sp³-hybridized carbons (Fsp3) is 0.833. The average Bonchev–Trinajstić information content (AvgIpc) is 2.86. The van der Waals surface area contributed by atoms with Crippen LogP contribution in [0.1, 0.15) is 25.7 Å². The highest BCUT2D eigenvalue weighted by atomic mass is 32.2. The van der Waals surface area contributed by atoms with E-state index in [9.17, 15) is 18.0 Å². The van der Waals surface area contributed by atoms with Crippen molar-refractivity contribution in [2.24, 2.45) is 11.7 Å². The fourth-order valence-electron chi connectivity index (χ4n) is 3.00. The summed E-state index contributed by atoms with van der Waals surface area (Å²) in [5.74, 6) is -0.711. The molecule has 0 radical (unpaired) electrons. The molecule has 0 bridgehead atoms. The smallest absolute Gasteiger partial charge is 0.240 e. The maximum absolute atomic E-state index is 12.4. The molecule has 1 atom stereocenters. The first-order valence-electron chi connectivity index (χ1n) is 6.85. The lowest BCUT2D eigenvalue weighted by Gasteiger charge is -2.33. The molecule has 2 heterocycles. The average molecular weight is 303 g/mol. The fourth-order valence-corrected chi connectivity index (χ4v) is 3.87. The maximum atomic E-state index is 12.4. The van der Waals surface area contributed by atoms with E-state index >= 15 is 0 Å². The third-order valence-electron chi connectivity index (χ3n) is 4.14. The van der Waals surface area contributed by atoms with Crippen molar-refractivity contribution in [1.29, 1.82) is 0 Å². The first-order valence-corrected chi connectivity index (χ1v) is 8.70. The molecule has 0 aromatic rings. The first-order chi connectivity index (χ1) is 9.30. The van der Waals surface area contributed by atoms with Crippen LogP contribution in [0.4, 0.5) is 0 Å². The van der Waals surface area contributed by atoms with Gasteiger partial charge in [0, 0.05) is 25.6 Å². The van der Waals surface area contributed by atoms with Crippen molar-refractivity contribution in [3.05, 3.63) is 0 Å². The molecule has 0 aromatic heterocycles. The van der Waals surface area contributed by atoms with Crippen molar-refractivity contribution in [3.8, 4) is 0 Å². The molecule has 2 saturated heterocycles. The Morgan fingerprint density at radius 3 is 2.20 bits per heavy atom. The van der Waals surface area contributed by atoms with Gasteiger partial charge in [-0.15, -0.1) is 0 Å². The quantitative estimate of drug-likeness (QED) is 0.732. The second-order valence-corrected chi connectivity index (χ2v) is 7.51. The minimum Gasteiger partial charge on any atom is -0.368 e. The summed E-state index contributed by atoms with van der Waals surface area (Å²) in [7, 11) is -3.18. The van der Waals surface area contributed by atoms with Crippen LogP contribution in [0.3, 0.4) is 0 Å². The van der Waals surface area contributed by atoms with Gasteiger partial charge in [0.15, 0.2) is 0 Å². The number of nitrogens with two attached hydrogens (primary N) is 1. The number of carbonyl (C=O) groups is 2. The number of rotatable bonds is 3. The van der Waals surface area contributed by atoms with Crippen LogP contribution in [0.5, 0.6) is 0 Å². The van der Waals surface area contributed by atoms with E-state index < -0.39 is 22.0 Å². The highest BCUT2D eigenvalue weighted by Crippen LogP contribution is 2.25. The van der Waals surface area contributed by atoms with Gasteiger partial charge in [-0.25, -0.2) is 12.7 Å². The van der Waals surface area contributed by atoms with Gasteiger partial charge in [-0.05, 0) is 25.7 Å². The van der Waals surface area contributed by atoms with E-state index in [2.05, 4.69) is 0 Å². The molecular weight excluding hydrogens is 282 g/mol. The van der Waals surface area contributed by atoms with Gasteiger partial charge in [-0.3, -0.25) is 9.59 Å². The van der Waals surface area contributed by atoms with Crippen molar-refractivity contribution in [2.45, 2.75) is 31.7 Å². The zero-order valence-electron chi connectivity index (χ0n) is 11.6. The van der Waals surface area contributed by atoms with Crippen LogP contribution in [0.25, 0.3) is 0 Å². The summed E-state index contributed by atoms with van der Waals surface area (Å²) in [6, 6.07) is -0.490. The monoisotopic (exact) mass is 303 g/mol. The molecule has 7 nitrogen and oxygen atoms in total. The molecule has 0 saturated carbocycles. The lowest BCUT2D eigenvalue weighted by atomic mass is 9.96. The number of hydrogen-bond donors (Lipinski definition) is 1. The van der Waals surface area contributed by atoms with E-state index in [-0.39, 0.29) is 11.8 Å². The highest BCUT2D eigenvalue weighted by molar-refractivity contribution is 7.88. The molecule has 1 unspecified atom stereocenters. The van der Waals surface area contributed by atoms with Crippen molar-refractivity contribution in [2.75, 3.05) is 25.9 Å². The molecule has 2 aliphatic rings. The summed E-state index contributed by atoms with van der Waals surface area (Å²) < 4.78 is 24.3. The van der Waals surface area contributed by atoms with Gasteiger partial charge < -0.3 is 10.6 Å². The Balaban J connectivity index is 1.97. The Morgan fingerprint density at radius 2 is 1.70 bits per heavy atom. The van der Waals surface area contributed by atoms with E-state index in [1.54, 1.807) is 4.90 Å². The molecule has 20 heavy (non-hydrogen) atoms. The van der Waals surface area contributed by atoms with Gasteiger partial charge >= 0.3 is 0 Å². The van der Waals surface area contributed by atoms with E-state index in [4.69, 9.17) is 5.73 Å². The van der Waals surface area contributed by atoms with Gasteiger partial charge in [-0.2, -0.15) is 0 Å². The summed E-state index contributed by atoms with van der Waals surface area (Å²) >= 11 is 0. The van der Waals surface area contributed by atoms with Gasteiger partial charge in [0.05, 0.1) is 6.26 Å².